The van der Waals surface area contributed by atoms with Crippen LogP contribution in [0, 0.1) is 5.82 Å². The lowest BCUT2D eigenvalue weighted by atomic mass is 10.1. The number of likely N-dealkylation sites (N-methyl/N-ethyl adjacent to an activating group) is 1. The topological polar surface area (TPSA) is 30.5 Å². The summed E-state index contributed by atoms with van der Waals surface area (Å²) in [6, 6.07) is 6.71. The zero-order chi connectivity index (χ0) is 12.5. The quantitative estimate of drug-likeness (QED) is 0.707. The fourth-order valence-electron chi connectivity index (χ4n) is 1.61. The molecule has 0 heterocycles. The van der Waals surface area contributed by atoms with Crippen molar-refractivity contribution in [2.24, 2.45) is 0 Å². The normalized spacial score (nSPS) is 12.6. The Kier molecular flexibility index (Phi) is 6.77. The number of nitrogens with one attached hydrogen (secondary N) is 1. The van der Waals surface area contributed by atoms with Gasteiger partial charge < -0.3 is 14.8 Å². The number of methoxy groups -OCH3 is 1. The van der Waals surface area contributed by atoms with Crippen molar-refractivity contribution in [2.45, 2.75) is 12.5 Å². The van der Waals surface area contributed by atoms with Crippen LogP contribution in [-0.2, 0) is 9.47 Å². The van der Waals surface area contributed by atoms with Crippen LogP contribution in [0.5, 0.6) is 0 Å². The van der Waals surface area contributed by atoms with E-state index in [4.69, 9.17) is 9.47 Å². The molecule has 1 aromatic rings. The predicted octanol–water partition coefficient (Wildman–Crippen LogP) is 2.14. The summed E-state index contributed by atoms with van der Waals surface area (Å²) in [4.78, 5) is 0. The third-order valence-electron chi connectivity index (χ3n) is 2.45. The highest BCUT2D eigenvalue weighted by molar-refractivity contribution is 5.20. The number of halogens is 1. The van der Waals surface area contributed by atoms with Gasteiger partial charge in [-0.15, -0.1) is 0 Å². The summed E-state index contributed by atoms with van der Waals surface area (Å²) in [6.07, 6.45) is 0.559. The van der Waals surface area contributed by atoms with E-state index >= 15 is 0 Å². The number of rotatable bonds is 8. The van der Waals surface area contributed by atoms with E-state index in [-0.39, 0.29) is 11.9 Å². The molecule has 0 bridgehead atoms. The molecule has 0 aliphatic carbocycles. The van der Waals surface area contributed by atoms with Gasteiger partial charge in [0.05, 0.1) is 6.10 Å². The monoisotopic (exact) mass is 241 g/mol. The first kappa shape index (κ1) is 14.1. The van der Waals surface area contributed by atoms with Crippen LogP contribution in [0.15, 0.2) is 24.3 Å². The highest BCUT2D eigenvalue weighted by atomic mass is 19.1. The van der Waals surface area contributed by atoms with Crippen molar-refractivity contribution in [3.05, 3.63) is 35.6 Å². The number of benzene rings is 1. The molecule has 0 aliphatic rings. The average molecular weight is 241 g/mol. The fourth-order valence-corrected chi connectivity index (χ4v) is 1.61. The molecule has 1 unspecified atom stereocenters. The van der Waals surface area contributed by atoms with E-state index in [1.165, 1.54) is 6.07 Å². The van der Waals surface area contributed by atoms with Gasteiger partial charge in [-0.25, -0.2) is 4.39 Å². The van der Waals surface area contributed by atoms with Crippen LogP contribution in [0.3, 0.4) is 0 Å². The van der Waals surface area contributed by atoms with Gasteiger partial charge >= 0.3 is 0 Å². The Balaban J connectivity index is 2.56. The molecule has 1 aromatic carbocycles. The summed E-state index contributed by atoms with van der Waals surface area (Å²) in [5, 5.41) is 3.01. The van der Waals surface area contributed by atoms with Crippen LogP contribution in [0.1, 0.15) is 18.1 Å². The van der Waals surface area contributed by atoms with Crippen LogP contribution in [-0.4, -0.2) is 33.9 Å². The minimum atomic E-state index is -0.252. The van der Waals surface area contributed by atoms with E-state index < -0.39 is 0 Å². The Bertz CT molecular complexity index is 320. The number of ether oxygens (including phenoxy) is 2. The molecule has 1 rings (SSSR count). The van der Waals surface area contributed by atoms with E-state index in [9.17, 15) is 4.39 Å². The van der Waals surface area contributed by atoms with Gasteiger partial charge in [-0.2, -0.15) is 0 Å². The minimum absolute atomic E-state index is 0.223. The van der Waals surface area contributed by atoms with Gasteiger partial charge in [-0.3, -0.25) is 0 Å². The maximum absolute atomic E-state index is 13.6. The SMILES string of the molecule is CNCC(OCCCOC)c1ccccc1F. The molecule has 1 atom stereocenters. The van der Waals surface area contributed by atoms with Crippen LogP contribution >= 0.6 is 0 Å². The van der Waals surface area contributed by atoms with Crippen LogP contribution < -0.4 is 5.32 Å². The first-order valence-corrected chi connectivity index (χ1v) is 5.79. The molecule has 0 saturated heterocycles. The first-order valence-electron chi connectivity index (χ1n) is 5.79. The largest absolute Gasteiger partial charge is 0.385 e. The zero-order valence-electron chi connectivity index (χ0n) is 10.4. The van der Waals surface area contributed by atoms with E-state index in [1.807, 2.05) is 13.1 Å². The molecule has 17 heavy (non-hydrogen) atoms. The van der Waals surface area contributed by atoms with E-state index in [0.29, 0.717) is 25.3 Å². The Morgan fingerprint density at radius 3 is 2.71 bits per heavy atom. The third kappa shape index (κ3) is 4.81. The van der Waals surface area contributed by atoms with E-state index in [2.05, 4.69) is 5.32 Å². The molecule has 0 radical (unpaired) electrons. The third-order valence-corrected chi connectivity index (χ3v) is 2.45. The number of hydrogen-bond donors (Lipinski definition) is 1. The molecule has 1 N–H and O–H groups in total. The molecule has 4 heteroatoms. The molecule has 0 fully saturated rings. The van der Waals surface area contributed by atoms with Crippen molar-refractivity contribution in [1.82, 2.24) is 5.32 Å². The second-order valence-electron chi connectivity index (χ2n) is 3.78. The Morgan fingerprint density at radius 1 is 1.29 bits per heavy atom. The van der Waals surface area contributed by atoms with Crippen molar-refractivity contribution in [2.75, 3.05) is 33.9 Å². The predicted molar refractivity (Wildman–Crippen MR) is 65.5 cm³/mol. The van der Waals surface area contributed by atoms with Crippen molar-refractivity contribution < 1.29 is 13.9 Å². The molecule has 3 nitrogen and oxygen atoms in total. The van der Waals surface area contributed by atoms with Crippen molar-refractivity contribution in [1.29, 1.82) is 0 Å². The van der Waals surface area contributed by atoms with Crippen molar-refractivity contribution in [3.8, 4) is 0 Å². The fraction of sp³-hybridized carbons (Fsp3) is 0.538. The molecule has 0 amide bonds. The maximum Gasteiger partial charge on any atom is 0.129 e. The summed E-state index contributed by atoms with van der Waals surface area (Å²) in [7, 11) is 3.48. The summed E-state index contributed by atoms with van der Waals surface area (Å²) >= 11 is 0. The molecule has 0 aromatic heterocycles. The van der Waals surface area contributed by atoms with Gasteiger partial charge in [0.25, 0.3) is 0 Å². The summed E-state index contributed by atoms with van der Waals surface area (Å²) in [5.41, 5.74) is 0.597. The standard InChI is InChI=1S/C13H20FNO2/c1-15-10-13(17-9-5-8-16-2)11-6-3-4-7-12(11)14/h3-4,6-7,13,15H,5,8-10H2,1-2H3. The second kappa shape index (κ2) is 8.17. The molecular weight excluding hydrogens is 221 g/mol. The van der Waals surface area contributed by atoms with Gasteiger partial charge in [-0.1, -0.05) is 18.2 Å². The Labute approximate surface area is 102 Å². The van der Waals surface area contributed by atoms with Gasteiger partial charge in [0.2, 0.25) is 0 Å². The van der Waals surface area contributed by atoms with Crippen molar-refractivity contribution >= 4 is 0 Å². The number of hydrogen-bond acceptors (Lipinski definition) is 3. The van der Waals surface area contributed by atoms with E-state index in [1.54, 1.807) is 19.2 Å². The van der Waals surface area contributed by atoms with Gasteiger partial charge in [0, 0.05) is 32.4 Å². The van der Waals surface area contributed by atoms with Crippen LogP contribution in [0.2, 0.25) is 0 Å². The molecule has 0 saturated carbocycles. The summed E-state index contributed by atoms with van der Waals surface area (Å²) in [5.74, 6) is -0.223. The smallest absolute Gasteiger partial charge is 0.129 e. The first-order chi connectivity index (χ1) is 8.29. The Hall–Kier alpha value is -0.970. The lowest BCUT2D eigenvalue weighted by Crippen LogP contribution is -2.21. The highest BCUT2D eigenvalue weighted by Crippen LogP contribution is 2.20. The van der Waals surface area contributed by atoms with Crippen LogP contribution in [0.25, 0.3) is 0 Å². The van der Waals surface area contributed by atoms with Crippen LogP contribution in [0.4, 0.5) is 4.39 Å². The summed E-state index contributed by atoms with van der Waals surface area (Å²) in [6.45, 7) is 1.81. The minimum Gasteiger partial charge on any atom is -0.385 e. The van der Waals surface area contributed by atoms with E-state index in [0.717, 1.165) is 6.42 Å². The Morgan fingerprint density at radius 2 is 2.06 bits per heavy atom. The highest BCUT2D eigenvalue weighted by Gasteiger charge is 2.14. The zero-order valence-corrected chi connectivity index (χ0v) is 10.4. The van der Waals surface area contributed by atoms with Gasteiger partial charge in [-0.05, 0) is 19.5 Å². The molecule has 0 aliphatic heterocycles. The lowest BCUT2D eigenvalue weighted by Gasteiger charge is -2.18. The van der Waals surface area contributed by atoms with Gasteiger partial charge in [0.15, 0.2) is 0 Å². The van der Waals surface area contributed by atoms with Crippen molar-refractivity contribution in [3.63, 3.8) is 0 Å². The average Bonchev–Trinajstić information content (AvgIpc) is 2.34. The van der Waals surface area contributed by atoms with Gasteiger partial charge in [0.1, 0.15) is 5.82 Å². The lowest BCUT2D eigenvalue weighted by molar-refractivity contribution is 0.0379. The second-order valence-corrected chi connectivity index (χ2v) is 3.78. The molecular formula is C13H20FNO2. The molecule has 0 spiro atoms. The summed E-state index contributed by atoms with van der Waals surface area (Å²) < 4.78 is 24.2. The maximum atomic E-state index is 13.6. The molecule has 96 valence electrons.